The first-order valence-corrected chi connectivity index (χ1v) is 8.54. The maximum atomic E-state index is 11.8. The number of anilines is 2. The van der Waals surface area contributed by atoms with E-state index < -0.39 is 11.3 Å². The lowest BCUT2D eigenvalue weighted by molar-refractivity contribution is -0.119. The molecule has 0 aliphatic rings. The Bertz CT molecular complexity index is 704. The molecular weight excluding hydrogens is 334 g/mol. The van der Waals surface area contributed by atoms with E-state index in [0.717, 1.165) is 11.3 Å². The Labute approximate surface area is 142 Å². The van der Waals surface area contributed by atoms with Crippen LogP contribution >= 0.6 is 23.1 Å². The van der Waals surface area contributed by atoms with E-state index >= 15 is 0 Å². The Morgan fingerprint density at radius 3 is 2.70 bits per heavy atom. The van der Waals surface area contributed by atoms with Crippen LogP contribution in [0.3, 0.4) is 0 Å². The molecule has 0 saturated heterocycles. The van der Waals surface area contributed by atoms with Gasteiger partial charge in [-0.3, -0.25) is 10.1 Å². The smallest absolute Gasteiger partial charge is 0.321 e. The van der Waals surface area contributed by atoms with Crippen molar-refractivity contribution in [1.29, 1.82) is 0 Å². The van der Waals surface area contributed by atoms with Gasteiger partial charge in [0, 0.05) is 12.7 Å². The Hall–Kier alpha value is -2.13. The number of rotatable bonds is 5. The molecule has 1 atom stereocenters. The van der Waals surface area contributed by atoms with Gasteiger partial charge in [-0.25, -0.2) is 4.79 Å². The molecule has 23 heavy (non-hydrogen) atoms. The molecule has 0 saturated carbocycles. The summed E-state index contributed by atoms with van der Waals surface area (Å²) < 4.78 is 0.653. The molecule has 0 fully saturated rings. The molecule has 2 aromatic rings. The van der Waals surface area contributed by atoms with Crippen molar-refractivity contribution < 1.29 is 9.59 Å². The van der Waals surface area contributed by atoms with Gasteiger partial charge in [0.2, 0.25) is 11.0 Å². The fourth-order valence-corrected chi connectivity index (χ4v) is 3.53. The van der Waals surface area contributed by atoms with Crippen LogP contribution in [0.25, 0.3) is 0 Å². The summed E-state index contributed by atoms with van der Waals surface area (Å²) in [7, 11) is 1.45. The van der Waals surface area contributed by atoms with Crippen molar-refractivity contribution in [1.82, 2.24) is 20.8 Å². The third-order valence-electron chi connectivity index (χ3n) is 2.90. The van der Waals surface area contributed by atoms with Crippen LogP contribution in [0.5, 0.6) is 0 Å². The van der Waals surface area contributed by atoms with E-state index in [9.17, 15) is 9.59 Å². The summed E-state index contributed by atoms with van der Waals surface area (Å²) in [6, 6.07) is 7.35. The molecule has 2 rings (SSSR count). The molecule has 0 spiro atoms. The van der Waals surface area contributed by atoms with E-state index in [4.69, 9.17) is 0 Å². The summed E-state index contributed by atoms with van der Waals surface area (Å²) in [5, 5.41) is 16.1. The minimum atomic E-state index is -0.526. The number of para-hydroxylation sites is 1. The highest BCUT2D eigenvalue weighted by Crippen LogP contribution is 2.31. The lowest BCUT2D eigenvalue weighted by atomic mass is 10.2. The number of benzene rings is 1. The quantitative estimate of drug-likeness (QED) is 0.717. The number of nitrogens with one attached hydrogen (secondary N) is 3. The van der Waals surface area contributed by atoms with Crippen LogP contribution in [-0.4, -0.2) is 34.4 Å². The summed E-state index contributed by atoms with van der Waals surface area (Å²) in [5.41, 5.74) is 2.07. The number of hydrogen-bond acceptors (Lipinski definition) is 7. The highest BCUT2D eigenvalue weighted by Gasteiger charge is 2.18. The molecule has 9 heteroatoms. The molecule has 1 heterocycles. The van der Waals surface area contributed by atoms with Crippen LogP contribution in [0.1, 0.15) is 12.5 Å². The monoisotopic (exact) mass is 351 g/mol. The number of urea groups is 1. The molecule has 0 bridgehead atoms. The molecule has 1 aromatic heterocycles. The second-order valence-electron chi connectivity index (χ2n) is 4.64. The number of hydrogen-bond donors (Lipinski definition) is 3. The average Bonchev–Trinajstić information content (AvgIpc) is 2.96. The first-order valence-electron chi connectivity index (χ1n) is 6.85. The van der Waals surface area contributed by atoms with E-state index in [1.54, 1.807) is 6.92 Å². The summed E-state index contributed by atoms with van der Waals surface area (Å²) in [6.45, 7) is 3.71. The topological polar surface area (TPSA) is 96.0 Å². The molecule has 1 aromatic carbocycles. The first-order chi connectivity index (χ1) is 11.0. The standard InChI is InChI=1S/C14H17N5O2S2/c1-8-6-4-5-7-10(8)16-13-18-19-14(23-13)22-9(2)11(20)17-12(21)15-3/h4-7,9H,1-3H3,(H,16,18)(H2,15,17,20,21). The number of amides is 3. The number of aryl methyl sites for hydroxylation is 1. The normalized spacial score (nSPS) is 11.6. The number of nitrogens with zero attached hydrogens (tertiary/aromatic N) is 2. The van der Waals surface area contributed by atoms with Gasteiger partial charge in [0.25, 0.3) is 0 Å². The predicted molar refractivity (Wildman–Crippen MR) is 92.3 cm³/mol. The molecule has 3 N–H and O–H groups in total. The number of aromatic nitrogens is 2. The lowest BCUT2D eigenvalue weighted by Gasteiger charge is -2.08. The van der Waals surface area contributed by atoms with Crippen molar-refractivity contribution in [2.45, 2.75) is 23.4 Å². The zero-order chi connectivity index (χ0) is 16.8. The third kappa shape index (κ3) is 4.93. The minimum absolute atomic E-state index is 0.377. The Morgan fingerprint density at radius 1 is 1.26 bits per heavy atom. The minimum Gasteiger partial charge on any atom is -0.341 e. The van der Waals surface area contributed by atoms with Gasteiger partial charge in [-0.05, 0) is 25.5 Å². The highest BCUT2D eigenvalue weighted by atomic mass is 32.2. The Kier molecular flexibility index (Phi) is 5.94. The first kappa shape index (κ1) is 17.2. The number of imide groups is 1. The largest absolute Gasteiger partial charge is 0.341 e. The second kappa shape index (κ2) is 7.93. The summed E-state index contributed by atoms with van der Waals surface area (Å²) in [5.74, 6) is -0.377. The van der Waals surface area contributed by atoms with Crippen molar-refractivity contribution in [3.8, 4) is 0 Å². The van der Waals surface area contributed by atoms with E-state index in [1.807, 2.05) is 31.2 Å². The van der Waals surface area contributed by atoms with Crippen LogP contribution in [0, 0.1) is 6.92 Å². The number of carbonyl (C=O) groups is 2. The fourth-order valence-electron chi connectivity index (χ4n) is 1.62. The van der Waals surface area contributed by atoms with Gasteiger partial charge >= 0.3 is 6.03 Å². The van der Waals surface area contributed by atoms with Crippen LogP contribution in [0.4, 0.5) is 15.6 Å². The predicted octanol–water partition coefficient (Wildman–Crippen LogP) is 2.53. The van der Waals surface area contributed by atoms with Crippen molar-refractivity contribution in [3.05, 3.63) is 29.8 Å². The average molecular weight is 351 g/mol. The molecule has 1 unspecified atom stereocenters. The van der Waals surface area contributed by atoms with Crippen molar-refractivity contribution in [2.24, 2.45) is 0 Å². The molecule has 0 aliphatic heterocycles. The van der Waals surface area contributed by atoms with E-state index in [0.29, 0.717) is 9.47 Å². The van der Waals surface area contributed by atoms with Crippen molar-refractivity contribution in [2.75, 3.05) is 12.4 Å². The summed E-state index contributed by atoms with van der Waals surface area (Å²) >= 11 is 2.61. The Balaban J connectivity index is 1.95. The van der Waals surface area contributed by atoms with Gasteiger partial charge < -0.3 is 10.6 Å². The van der Waals surface area contributed by atoms with Crippen LogP contribution in [-0.2, 0) is 4.79 Å². The Morgan fingerprint density at radius 2 is 2.00 bits per heavy atom. The van der Waals surface area contributed by atoms with Gasteiger partial charge in [0.15, 0.2) is 4.34 Å². The molecule has 0 radical (unpaired) electrons. The van der Waals surface area contributed by atoms with Crippen molar-refractivity contribution >= 4 is 45.9 Å². The zero-order valence-electron chi connectivity index (χ0n) is 12.9. The van der Waals surface area contributed by atoms with Crippen LogP contribution in [0.15, 0.2) is 28.6 Å². The van der Waals surface area contributed by atoms with Gasteiger partial charge in [0.1, 0.15) is 0 Å². The molecule has 3 amide bonds. The van der Waals surface area contributed by atoms with E-state index in [-0.39, 0.29) is 5.91 Å². The maximum absolute atomic E-state index is 11.8. The van der Waals surface area contributed by atoms with Crippen LogP contribution < -0.4 is 16.0 Å². The number of carbonyl (C=O) groups excluding carboxylic acids is 2. The third-order valence-corrected chi connectivity index (χ3v) is 4.93. The summed E-state index contributed by atoms with van der Waals surface area (Å²) in [6.07, 6.45) is 0. The van der Waals surface area contributed by atoms with Crippen molar-refractivity contribution in [3.63, 3.8) is 0 Å². The molecule has 122 valence electrons. The van der Waals surface area contributed by atoms with E-state index in [2.05, 4.69) is 26.1 Å². The van der Waals surface area contributed by atoms with E-state index in [1.165, 1.54) is 30.1 Å². The number of thioether (sulfide) groups is 1. The highest BCUT2D eigenvalue weighted by molar-refractivity contribution is 8.02. The maximum Gasteiger partial charge on any atom is 0.321 e. The van der Waals surface area contributed by atoms with Crippen LogP contribution in [0.2, 0.25) is 0 Å². The van der Waals surface area contributed by atoms with Gasteiger partial charge in [-0.2, -0.15) is 0 Å². The second-order valence-corrected chi connectivity index (χ2v) is 7.21. The summed E-state index contributed by atoms with van der Waals surface area (Å²) in [4.78, 5) is 22.9. The zero-order valence-corrected chi connectivity index (χ0v) is 14.5. The SMILES string of the molecule is CNC(=O)NC(=O)C(C)Sc1nnc(Nc2ccccc2C)s1. The molecular formula is C14H17N5O2S2. The lowest BCUT2D eigenvalue weighted by Crippen LogP contribution is -2.41. The van der Waals surface area contributed by atoms with Gasteiger partial charge in [-0.1, -0.05) is 41.3 Å². The fraction of sp³-hybridized carbons (Fsp3) is 0.286. The molecule has 0 aliphatic carbocycles. The van der Waals surface area contributed by atoms with Gasteiger partial charge in [0.05, 0.1) is 5.25 Å². The molecule has 7 nitrogen and oxygen atoms in total. The van der Waals surface area contributed by atoms with Gasteiger partial charge in [-0.15, -0.1) is 10.2 Å².